The highest BCUT2D eigenvalue weighted by molar-refractivity contribution is 6.48. The molecule has 1 atom stereocenters. The van der Waals surface area contributed by atoms with Gasteiger partial charge in [0.1, 0.15) is 0 Å². The Bertz CT molecular complexity index is 801. The highest BCUT2D eigenvalue weighted by Gasteiger charge is 2.39. The predicted molar refractivity (Wildman–Crippen MR) is 90.7 cm³/mol. The van der Waals surface area contributed by atoms with Crippen molar-refractivity contribution in [2.45, 2.75) is 18.3 Å². The third kappa shape index (κ3) is 5.09. The van der Waals surface area contributed by atoms with Gasteiger partial charge in [-0.3, -0.25) is 0 Å². The Labute approximate surface area is 160 Å². The average molecular weight is 434 g/mol. The molecule has 0 aliphatic heterocycles. The van der Waals surface area contributed by atoms with Gasteiger partial charge >= 0.3 is 12.4 Å². The van der Waals surface area contributed by atoms with Crippen LogP contribution in [0.1, 0.15) is 22.6 Å². The Balaban J connectivity index is 2.43. The van der Waals surface area contributed by atoms with Gasteiger partial charge in [-0.05, 0) is 35.4 Å². The van der Waals surface area contributed by atoms with E-state index < -0.39 is 23.8 Å². The van der Waals surface area contributed by atoms with Crippen molar-refractivity contribution >= 4 is 40.9 Å². The number of hydrogen-bond donors (Lipinski definition) is 0. The molecule has 0 fully saturated rings. The topological polar surface area (TPSA) is 0 Å². The highest BCUT2D eigenvalue weighted by Crippen LogP contribution is 2.41. The van der Waals surface area contributed by atoms with Crippen LogP contribution in [0.3, 0.4) is 0 Å². The summed E-state index contributed by atoms with van der Waals surface area (Å²) in [6, 6.07) is 6.00. The molecule has 0 aliphatic carbocycles. The lowest BCUT2D eigenvalue weighted by molar-refractivity contribution is -0.139. The van der Waals surface area contributed by atoms with Gasteiger partial charge in [0.25, 0.3) is 0 Å². The summed E-state index contributed by atoms with van der Waals surface area (Å²) >= 11 is 17.3. The minimum atomic E-state index is -4.71. The van der Waals surface area contributed by atoms with Crippen molar-refractivity contribution in [3.8, 4) is 0 Å². The molecule has 26 heavy (non-hydrogen) atoms. The second kappa shape index (κ2) is 7.71. The second-order valence-electron chi connectivity index (χ2n) is 5.30. The molecule has 9 heteroatoms. The average Bonchev–Trinajstić information content (AvgIpc) is 2.51. The summed E-state index contributed by atoms with van der Waals surface area (Å²) < 4.78 is 78.3. The van der Waals surface area contributed by atoms with Crippen molar-refractivity contribution < 1.29 is 26.3 Å². The van der Waals surface area contributed by atoms with Crippen LogP contribution in [0.2, 0.25) is 15.1 Å². The number of allylic oxidation sites excluding steroid dienone is 1. The fourth-order valence-electron chi connectivity index (χ4n) is 2.19. The van der Waals surface area contributed by atoms with Crippen LogP contribution < -0.4 is 0 Å². The quantitative estimate of drug-likeness (QED) is 0.339. The first-order valence-corrected chi connectivity index (χ1v) is 8.09. The molecule has 0 bridgehead atoms. The van der Waals surface area contributed by atoms with E-state index in [-0.39, 0.29) is 26.2 Å². The van der Waals surface area contributed by atoms with Gasteiger partial charge < -0.3 is 0 Å². The Morgan fingerprint density at radius 3 is 1.92 bits per heavy atom. The van der Waals surface area contributed by atoms with Crippen molar-refractivity contribution in [3.63, 3.8) is 0 Å². The lowest BCUT2D eigenvalue weighted by atomic mass is 9.97. The Morgan fingerprint density at radius 2 is 1.42 bits per heavy atom. The number of rotatable bonds is 3. The van der Waals surface area contributed by atoms with Gasteiger partial charge in [-0.25, -0.2) is 0 Å². The molecule has 0 amide bonds. The van der Waals surface area contributed by atoms with Crippen LogP contribution in [0.15, 0.2) is 42.5 Å². The highest BCUT2D eigenvalue weighted by atomic mass is 35.5. The molecule has 2 rings (SSSR count). The summed E-state index contributed by atoms with van der Waals surface area (Å²) in [4.78, 5) is 0. The van der Waals surface area contributed by atoms with Crippen LogP contribution in [0.25, 0.3) is 6.08 Å². The Kier molecular flexibility index (Phi) is 6.20. The van der Waals surface area contributed by atoms with Crippen LogP contribution >= 0.6 is 34.8 Å². The molecule has 140 valence electrons. The van der Waals surface area contributed by atoms with Crippen LogP contribution in [0, 0.1) is 0 Å². The minimum absolute atomic E-state index is 0.0276. The lowest BCUT2D eigenvalue weighted by Crippen LogP contribution is -2.19. The monoisotopic (exact) mass is 432 g/mol. The van der Waals surface area contributed by atoms with Crippen molar-refractivity contribution in [1.29, 1.82) is 0 Å². The van der Waals surface area contributed by atoms with E-state index in [9.17, 15) is 26.3 Å². The zero-order chi connectivity index (χ0) is 19.7. The molecule has 0 radical (unpaired) electrons. The SMILES string of the molecule is FC(F)(F)c1cccc(C=CC(c2cc(Cl)c(Cl)c(Cl)c2)C(F)(F)F)c1. The minimum Gasteiger partial charge on any atom is -0.170 e. The molecule has 1 unspecified atom stereocenters. The summed E-state index contributed by atoms with van der Waals surface area (Å²) in [5, 5.41) is -0.397. The smallest absolute Gasteiger partial charge is 0.170 e. The summed E-state index contributed by atoms with van der Waals surface area (Å²) in [5.74, 6) is -2.12. The fraction of sp³-hybridized carbons (Fsp3) is 0.176. The molecule has 0 N–H and O–H groups in total. The zero-order valence-corrected chi connectivity index (χ0v) is 14.9. The third-order valence-corrected chi connectivity index (χ3v) is 4.61. The van der Waals surface area contributed by atoms with Crippen LogP contribution in [0.5, 0.6) is 0 Å². The van der Waals surface area contributed by atoms with Gasteiger partial charge in [0.2, 0.25) is 0 Å². The van der Waals surface area contributed by atoms with Crippen LogP contribution in [-0.4, -0.2) is 6.18 Å². The summed E-state index contributed by atoms with van der Waals surface area (Å²) in [7, 11) is 0. The first kappa shape index (κ1) is 20.9. The number of hydrogen-bond acceptors (Lipinski definition) is 0. The van der Waals surface area contributed by atoms with E-state index in [1.165, 1.54) is 6.07 Å². The number of halogens is 9. The molecule has 2 aromatic rings. The van der Waals surface area contributed by atoms with Crippen molar-refractivity contribution in [2.24, 2.45) is 0 Å². The van der Waals surface area contributed by atoms with E-state index >= 15 is 0 Å². The third-order valence-electron chi connectivity index (χ3n) is 3.41. The zero-order valence-electron chi connectivity index (χ0n) is 12.6. The molecule has 0 spiro atoms. The van der Waals surface area contributed by atoms with E-state index in [2.05, 4.69) is 0 Å². The number of benzene rings is 2. The van der Waals surface area contributed by atoms with E-state index in [1.54, 1.807) is 0 Å². The molecule has 0 aliphatic rings. The maximum atomic E-state index is 13.4. The van der Waals surface area contributed by atoms with Crippen LogP contribution in [-0.2, 0) is 6.18 Å². The summed E-state index contributed by atoms with van der Waals surface area (Å²) in [5.41, 5.74) is -1.26. The van der Waals surface area contributed by atoms with Gasteiger partial charge in [-0.15, -0.1) is 0 Å². The summed E-state index contributed by atoms with van der Waals surface area (Å²) in [6.45, 7) is 0. The Hall–Kier alpha value is -1.37. The summed E-state index contributed by atoms with van der Waals surface area (Å²) in [6.07, 6.45) is -7.60. The van der Waals surface area contributed by atoms with Gasteiger partial charge in [0.05, 0.1) is 26.5 Å². The van der Waals surface area contributed by atoms with Crippen molar-refractivity contribution in [3.05, 3.63) is 74.2 Å². The van der Waals surface area contributed by atoms with E-state index in [0.29, 0.717) is 0 Å². The van der Waals surface area contributed by atoms with Crippen molar-refractivity contribution in [1.82, 2.24) is 0 Å². The maximum absolute atomic E-state index is 13.4. The van der Waals surface area contributed by atoms with Gasteiger partial charge in [0.15, 0.2) is 0 Å². The molecule has 2 aromatic carbocycles. The van der Waals surface area contributed by atoms with Gasteiger partial charge in [-0.1, -0.05) is 59.1 Å². The standard InChI is InChI=1S/C17H9Cl3F6/c18-13-7-10(8-14(19)15(13)20)12(17(24,25)26)5-4-9-2-1-3-11(6-9)16(21,22)23/h1-8,12H. The number of alkyl halides is 6. The van der Waals surface area contributed by atoms with Crippen LogP contribution in [0.4, 0.5) is 26.3 Å². The molecular weight excluding hydrogens is 425 g/mol. The maximum Gasteiger partial charge on any atom is 0.416 e. The van der Waals surface area contributed by atoms with E-state index in [4.69, 9.17) is 34.8 Å². The first-order chi connectivity index (χ1) is 11.9. The molecule has 0 nitrogen and oxygen atoms in total. The first-order valence-electron chi connectivity index (χ1n) is 6.96. The second-order valence-corrected chi connectivity index (χ2v) is 6.49. The normalized spacial score (nSPS) is 14.0. The Morgan fingerprint density at radius 1 is 0.846 bits per heavy atom. The largest absolute Gasteiger partial charge is 0.416 e. The van der Waals surface area contributed by atoms with Crippen molar-refractivity contribution in [2.75, 3.05) is 0 Å². The van der Waals surface area contributed by atoms with E-state index in [1.807, 2.05) is 0 Å². The molecular formula is C17H9Cl3F6. The fourth-order valence-corrected chi connectivity index (χ4v) is 2.80. The molecule has 0 saturated carbocycles. The van der Waals surface area contributed by atoms with E-state index in [0.717, 1.165) is 42.5 Å². The van der Waals surface area contributed by atoms with Gasteiger partial charge in [-0.2, -0.15) is 26.3 Å². The molecule has 0 saturated heterocycles. The lowest BCUT2D eigenvalue weighted by Gasteiger charge is -2.18. The molecule has 0 aromatic heterocycles. The predicted octanol–water partition coefficient (Wildman–Crippen LogP) is 8.02. The molecule has 0 heterocycles. The van der Waals surface area contributed by atoms with Gasteiger partial charge in [0, 0.05) is 0 Å².